The van der Waals surface area contributed by atoms with E-state index in [1.165, 1.54) is 16.7 Å². The minimum absolute atomic E-state index is 0.133. The number of carbonyl (C=O) groups is 1. The number of rotatable bonds is 6. The van der Waals surface area contributed by atoms with Gasteiger partial charge in [0.15, 0.2) is 0 Å². The predicted molar refractivity (Wildman–Crippen MR) is 112 cm³/mol. The Morgan fingerprint density at radius 3 is 2.33 bits per heavy atom. The highest BCUT2D eigenvalue weighted by Gasteiger charge is 2.29. The van der Waals surface area contributed by atoms with Gasteiger partial charge in [0, 0.05) is 18.0 Å². The lowest BCUT2D eigenvalue weighted by Gasteiger charge is -2.34. The summed E-state index contributed by atoms with van der Waals surface area (Å²) < 4.78 is 0. The highest BCUT2D eigenvalue weighted by molar-refractivity contribution is 5.79. The van der Waals surface area contributed by atoms with Gasteiger partial charge in [0.2, 0.25) is 5.91 Å². The molecule has 1 saturated heterocycles. The first-order chi connectivity index (χ1) is 12.9. The zero-order valence-corrected chi connectivity index (χ0v) is 16.9. The van der Waals surface area contributed by atoms with Gasteiger partial charge < -0.3 is 5.32 Å². The average Bonchev–Trinajstić information content (AvgIpc) is 2.64. The molecule has 27 heavy (non-hydrogen) atoms. The smallest absolute Gasteiger partial charge is 0.223 e. The number of piperidine rings is 1. The van der Waals surface area contributed by atoms with Crippen LogP contribution in [0.25, 0.3) is 0 Å². The third-order valence-corrected chi connectivity index (χ3v) is 5.56. The summed E-state index contributed by atoms with van der Waals surface area (Å²) in [6.07, 6.45) is 2.74. The summed E-state index contributed by atoms with van der Waals surface area (Å²) in [4.78, 5) is 15.3. The number of nitrogens with one attached hydrogen (secondary N) is 1. The summed E-state index contributed by atoms with van der Waals surface area (Å²) in [5.41, 5.74) is 3.77. The fraction of sp³-hybridized carbons (Fsp3) is 0.458. The van der Waals surface area contributed by atoms with E-state index < -0.39 is 0 Å². The van der Waals surface area contributed by atoms with Crippen molar-refractivity contribution in [3.63, 3.8) is 0 Å². The molecule has 2 aromatic rings. The van der Waals surface area contributed by atoms with Crippen molar-refractivity contribution in [1.82, 2.24) is 10.2 Å². The Hall–Kier alpha value is -2.13. The highest BCUT2D eigenvalue weighted by atomic mass is 16.2. The number of hydrogen-bond donors (Lipinski definition) is 1. The van der Waals surface area contributed by atoms with E-state index in [0.29, 0.717) is 0 Å². The van der Waals surface area contributed by atoms with Gasteiger partial charge in [-0.2, -0.15) is 0 Å². The predicted octanol–water partition coefficient (Wildman–Crippen LogP) is 4.34. The van der Waals surface area contributed by atoms with Crippen LogP contribution in [0.5, 0.6) is 0 Å². The lowest BCUT2D eigenvalue weighted by Crippen LogP contribution is -2.49. The molecule has 3 nitrogen and oxygen atoms in total. The van der Waals surface area contributed by atoms with E-state index in [2.05, 4.69) is 79.5 Å². The number of benzene rings is 2. The van der Waals surface area contributed by atoms with Crippen LogP contribution in [0.3, 0.4) is 0 Å². The van der Waals surface area contributed by atoms with Gasteiger partial charge in [0.05, 0.1) is 0 Å². The van der Waals surface area contributed by atoms with Crippen LogP contribution >= 0.6 is 0 Å². The molecular weight excluding hydrogens is 332 g/mol. The van der Waals surface area contributed by atoms with Crippen LogP contribution in [0.2, 0.25) is 0 Å². The van der Waals surface area contributed by atoms with Crippen LogP contribution in [-0.2, 0) is 17.8 Å². The van der Waals surface area contributed by atoms with E-state index in [1.54, 1.807) is 0 Å². The third-order valence-electron chi connectivity index (χ3n) is 5.56. The highest BCUT2D eigenvalue weighted by Crippen LogP contribution is 2.22. The number of carbonyl (C=O) groups excluding carboxylic acids is 1. The van der Waals surface area contributed by atoms with Gasteiger partial charge in [-0.05, 0) is 69.8 Å². The molecule has 3 heteroatoms. The Morgan fingerprint density at radius 1 is 1.04 bits per heavy atom. The zero-order chi connectivity index (χ0) is 19.3. The lowest BCUT2D eigenvalue weighted by atomic mass is 9.91. The fourth-order valence-corrected chi connectivity index (χ4v) is 3.97. The molecule has 3 rings (SSSR count). The molecular formula is C24H32N2O. The van der Waals surface area contributed by atoms with Gasteiger partial charge in [-0.3, -0.25) is 9.69 Å². The van der Waals surface area contributed by atoms with Crippen molar-refractivity contribution in [3.05, 3.63) is 71.3 Å². The van der Waals surface area contributed by atoms with Crippen molar-refractivity contribution in [2.75, 3.05) is 13.1 Å². The van der Waals surface area contributed by atoms with Crippen molar-refractivity contribution in [2.24, 2.45) is 5.92 Å². The molecule has 0 atom stereocenters. The molecule has 144 valence electrons. The Labute approximate surface area is 163 Å². The summed E-state index contributed by atoms with van der Waals surface area (Å²) in [6, 6.07) is 19.0. The van der Waals surface area contributed by atoms with Gasteiger partial charge in [-0.1, -0.05) is 54.6 Å². The number of amides is 1. The van der Waals surface area contributed by atoms with Gasteiger partial charge in [0.1, 0.15) is 0 Å². The van der Waals surface area contributed by atoms with Crippen molar-refractivity contribution in [1.29, 1.82) is 0 Å². The molecule has 0 aliphatic carbocycles. The summed E-state index contributed by atoms with van der Waals surface area (Å²) in [6.45, 7) is 9.37. The van der Waals surface area contributed by atoms with E-state index >= 15 is 0 Å². The maximum Gasteiger partial charge on any atom is 0.223 e. The summed E-state index contributed by atoms with van der Waals surface area (Å²) in [5, 5.41) is 3.29. The fourth-order valence-electron chi connectivity index (χ4n) is 3.97. The van der Waals surface area contributed by atoms with Crippen LogP contribution in [0.4, 0.5) is 0 Å². The Balaban J connectivity index is 1.48. The van der Waals surface area contributed by atoms with Gasteiger partial charge in [-0.15, -0.1) is 0 Å². The topological polar surface area (TPSA) is 32.3 Å². The molecule has 1 N–H and O–H groups in total. The Bertz CT molecular complexity index is 746. The molecule has 2 aromatic carbocycles. The van der Waals surface area contributed by atoms with E-state index in [4.69, 9.17) is 0 Å². The van der Waals surface area contributed by atoms with Crippen molar-refractivity contribution >= 4 is 5.91 Å². The minimum Gasteiger partial charge on any atom is -0.351 e. The van der Waals surface area contributed by atoms with Crippen molar-refractivity contribution < 1.29 is 4.79 Å². The molecule has 0 bridgehead atoms. The second kappa shape index (κ2) is 8.71. The van der Waals surface area contributed by atoms with Gasteiger partial charge in [-0.25, -0.2) is 0 Å². The van der Waals surface area contributed by atoms with E-state index in [-0.39, 0.29) is 17.4 Å². The van der Waals surface area contributed by atoms with Crippen LogP contribution in [0.1, 0.15) is 43.4 Å². The first-order valence-corrected chi connectivity index (χ1v) is 10.1. The van der Waals surface area contributed by atoms with Crippen molar-refractivity contribution in [2.45, 2.75) is 52.1 Å². The molecule has 0 saturated carbocycles. The summed E-state index contributed by atoms with van der Waals surface area (Å²) in [7, 11) is 0. The van der Waals surface area contributed by atoms with Gasteiger partial charge >= 0.3 is 0 Å². The molecule has 0 radical (unpaired) electrons. The normalized spacial score (nSPS) is 16.3. The second-order valence-corrected chi connectivity index (χ2v) is 8.51. The van der Waals surface area contributed by atoms with Crippen LogP contribution in [0.15, 0.2) is 54.6 Å². The number of likely N-dealkylation sites (tertiary alicyclic amines) is 1. The molecule has 0 aromatic heterocycles. The number of nitrogens with zero attached hydrogens (tertiary/aromatic N) is 1. The van der Waals surface area contributed by atoms with E-state index in [1.807, 2.05) is 6.07 Å². The van der Waals surface area contributed by atoms with Crippen molar-refractivity contribution in [3.8, 4) is 0 Å². The molecule has 1 amide bonds. The minimum atomic E-state index is -0.225. The Morgan fingerprint density at radius 2 is 1.67 bits per heavy atom. The summed E-state index contributed by atoms with van der Waals surface area (Å²) >= 11 is 0. The maximum absolute atomic E-state index is 12.8. The largest absolute Gasteiger partial charge is 0.351 e. The summed E-state index contributed by atoms with van der Waals surface area (Å²) in [5.74, 6) is 0.347. The monoisotopic (exact) mass is 364 g/mol. The zero-order valence-electron chi connectivity index (χ0n) is 16.9. The van der Waals surface area contributed by atoms with Gasteiger partial charge in [0.25, 0.3) is 0 Å². The maximum atomic E-state index is 12.8. The van der Waals surface area contributed by atoms with Crippen LogP contribution < -0.4 is 5.32 Å². The van der Waals surface area contributed by atoms with E-state index in [9.17, 15) is 4.79 Å². The third kappa shape index (κ3) is 5.67. The van der Waals surface area contributed by atoms with E-state index in [0.717, 1.165) is 38.9 Å². The molecule has 1 fully saturated rings. The Kier molecular flexibility index (Phi) is 6.33. The molecule has 0 unspecified atom stereocenters. The number of hydrogen-bond acceptors (Lipinski definition) is 2. The molecule has 1 aliphatic heterocycles. The molecule has 1 heterocycles. The standard InChI is InChI=1S/C24H32N2O/c1-19-9-7-8-12-22(19)18-26-15-13-21(14-16-26)23(27)25-24(2,3)17-20-10-5-4-6-11-20/h4-12,21H,13-18H2,1-3H3,(H,25,27). The van der Waals surface area contributed by atoms with Crippen LogP contribution in [-0.4, -0.2) is 29.4 Å². The lowest BCUT2D eigenvalue weighted by molar-refractivity contribution is -0.128. The quantitative estimate of drug-likeness (QED) is 0.827. The second-order valence-electron chi connectivity index (χ2n) is 8.51. The average molecular weight is 365 g/mol. The SMILES string of the molecule is Cc1ccccc1CN1CCC(C(=O)NC(C)(C)Cc2ccccc2)CC1. The molecule has 1 aliphatic rings. The number of aryl methyl sites for hydroxylation is 1. The molecule has 0 spiro atoms. The first kappa shape index (κ1) is 19.6. The van der Waals surface area contributed by atoms with Crippen LogP contribution in [0, 0.1) is 12.8 Å². The first-order valence-electron chi connectivity index (χ1n) is 10.1.